The average Bonchev–Trinajstić information content (AvgIpc) is 3.20. The summed E-state index contributed by atoms with van der Waals surface area (Å²) in [6, 6.07) is 7.47. The number of aromatic nitrogens is 3. The van der Waals surface area contributed by atoms with E-state index >= 15 is 0 Å². The summed E-state index contributed by atoms with van der Waals surface area (Å²) < 4.78 is 0. The molecule has 0 aliphatic heterocycles. The summed E-state index contributed by atoms with van der Waals surface area (Å²) in [5.41, 5.74) is 1.76. The Labute approximate surface area is 147 Å². The molecule has 1 amide bonds. The lowest BCUT2D eigenvalue weighted by Crippen LogP contribution is -2.32. The number of aliphatic hydroxyl groups is 1. The van der Waals surface area contributed by atoms with Gasteiger partial charge in [-0.1, -0.05) is 17.7 Å². The number of aromatic amines is 1. The van der Waals surface area contributed by atoms with Gasteiger partial charge < -0.3 is 15.3 Å². The molecule has 2 aromatic rings. The molecule has 0 spiro atoms. The van der Waals surface area contributed by atoms with Gasteiger partial charge in [0.2, 0.25) is 5.95 Å². The number of aryl methyl sites for hydroxylation is 1. The van der Waals surface area contributed by atoms with Crippen LogP contribution in [0.15, 0.2) is 24.3 Å². The van der Waals surface area contributed by atoms with Gasteiger partial charge in [0.15, 0.2) is 0 Å². The van der Waals surface area contributed by atoms with E-state index in [4.69, 9.17) is 0 Å². The Morgan fingerprint density at radius 3 is 2.68 bits per heavy atom. The van der Waals surface area contributed by atoms with Crippen molar-refractivity contribution in [3.8, 4) is 0 Å². The molecule has 3 atom stereocenters. The molecular formula is C18H25N5O2. The van der Waals surface area contributed by atoms with Gasteiger partial charge in [-0.05, 0) is 31.9 Å². The SMILES string of the molecule is Cc1ccc(C(=O)NC[C@H]2C[C@H](c3nc(N(C)C)n[nH]3)C[C@H]2O)cc1. The monoisotopic (exact) mass is 343 g/mol. The molecular weight excluding hydrogens is 318 g/mol. The van der Waals surface area contributed by atoms with Gasteiger partial charge in [-0.2, -0.15) is 4.98 Å². The first-order chi connectivity index (χ1) is 11.9. The molecule has 3 N–H and O–H groups in total. The number of carbonyl (C=O) groups excluding carboxylic acids is 1. The molecule has 1 aliphatic carbocycles. The predicted octanol–water partition coefficient (Wildman–Crippen LogP) is 1.46. The van der Waals surface area contributed by atoms with Crippen LogP contribution in [0.4, 0.5) is 5.95 Å². The maximum atomic E-state index is 12.2. The van der Waals surface area contributed by atoms with Gasteiger partial charge in [0.25, 0.3) is 5.91 Å². The number of nitrogens with zero attached hydrogens (tertiary/aromatic N) is 3. The Balaban J connectivity index is 1.56. The second-order valence-corrected chi connectivity index (χ2v) is 6.99. The fourth-order valence-corrected chi connectivity index (χ4v) is 3.22. The van der Waals surface area contributed by atoms with E-state index in [1.54, 1.807) is 0 Å². The zero-order valence-electron chi connectivity index (χ0n) is 14.9. The van der Waals surface area contributed by atoms with Crippen molar-refractivity contribution < 1.29 is 9.90 Å². The number of carbonyl (C=O) groups is 1. The lowest BCUT2D eigenvalue weighted by molar-refractivity contribution is 0.0916. The van der Waals surface area contributed by atoms with E-state index in [1.807, 2.05) is 50.2 Å². The molecule has 25 heavy (non-hydrogen) atoms. The molecule has 1 saturated carbocycles. The van der Waals surface area contributed by atoms with Crippen LogP contribution in [0.3, 0.4) is 0 Å². The minimum Gasteiger partial charge on any atom is -0.393 e. The summed E-state index contributed by atoms with van der Waals surface area (Å²) in [5, 5.41) is 20.4. The van der Waals surface area contributed by atoms with Crippen LogP contribution in [-0.2, 0) is 0 Å². The van der Waals surface area contributed by atoms with Crippen molar-refractivity contribution in [2.75, 3.05) is 25.5 Å². The molecule has 0 radical (unpaired) electrons. The minimum absolute atomic E-state index is 0.0207. The maximum Gasteiger partial charge on any atom is 0.251 e. The van der Waals surface area contributed by atoms with Gasteiger partial charge in [0.1, 0.15) is 5.82 Å². The highest BCUT2D eigenvalue weighted by atomic mass is 16.3. The zero-order valence-corrected chi connectivity index (χ0v) is 14.9. The second-order valence-electron chi connectivity index (χ2n) is 6.99. The normalized spacial score (nSPS) is 22.8. The van der Waals surface area contributed by atoms with Crippen LogP contribution in [0.25, 0.3) is 0 Å². The summed E-state index contributed by atoms with van der Waals surface area (Å²) in [6.45, 7) is 2.45. The Bertz CT molecular complexity index is 725. The third-order valence-corrected chi connectivity index (χ3v) is 4.77. The zero-order chi connectivity index (χ0) is 18.0. The summed E-state index contributed by atoms with van der Waals surface area (Å²) in [7, 11) is 3.78. The van der Waals surface area contributed by atoms with E-state index in [-0.39, 0.29) is 17.7 Å². The molecule has 1 aliphatic rings. The van der Waals surface area contributed by atoms with Crippen LogP contribution < -0.4 is 10.2 Å². The predicted molar refractivity (Wildman–Crippen MR) is 95.7 cm³/mol. The molecule has 0 saturated heterocycles. The molecule has 0 unspecified atom stereocenters. The highest BCUT2D eigenvalue weighted by Crippen LogP contribution is 2.37. The number of hydrogen-bond acceptors (Lipinski definition) is 5. The van der Waals surface area contributed by atoms with Crippen molar-refractivity contribution in [3.63, 3.8) is 0 Å². The smallest absolute Gasteiger partial charge is 0.251 e. The van der Waals surface area contributed by atoms with Gasteiger partial charge in [-0.15, -0.1) is 5.10 Å². The van der Waals surface area contributed by atoms with Crippen molar-refractivity contribution in [3.05, 3.63) is 41.2 Å². The largest absolute Gasteiger partial charge is 0.393 e. The van der Waals surface area contributed by atoms with E-state index in [0.29, 0.717) is 24.5 Å². The van der Waals surface area contributed by atoms with E-state index in [0.717, 1.165) is 17.8 Å². The van der Waals surface area contributed by atoms with Gasteiger partial charge in [0.05, 0.1) is 6.10 Å². The molecule has 1 fully saturated rings. The first-order valence-electron chi connectivity index (χ1n) is 8.56. The number of hydrogen-bond donors (Lipinski definition) is 3. The van der Waals surface area contributed by atoms with Crippen LogP contribution in [0, 0.1) is 12.8 Å². The first-order valence-corrected chi connectivity index (χ1v) is 8.56. The Kier molecular flexibility index (Phi) is 5.03. The van der Waals surface area contributed by atoms with Crippen molar-refractivity contribution in [2.45, 2.75) is 31.8 Å². The standard InChI is InChI=1S/C18H25N5O2/c1-11-4-6-12(7-5-11)17(25)19-10-14-8-13(9-15(14)24)16-20-18(22-21-16)23(2)3/h4-7,13-15,24H,8-10H2,1-3H3,(H,19,25)(H,20,21,22)/t13-,14+,15+/m0/s1. The number of anilines is 1. The highest BCUT2D eigenvalue weighted by molar-refractivity contribution is 5.94. The maximum absolute atomic E-state index is 12.2. The lowest BCUT2D eigenvalue weighted by Gasteiger charge is -2.15. The van der Waals surface area contributed by atoms with Gasteiger partial charge >= 0.3 is 0 Å². The number of rotatable bonds is 5. The number of H-pyrrole nitrogens is 1. The summed E-state index contributed by atoms with van der Waals surface area (Å²) in [4.78, 5) is 18.5. The number of amides is 1. The van der Waals surface area contributed by atoms with Gasteiger partial charge in [-0.25, -0.2) is 0 Å². The molecule has 134 valence electrons. The van der Waals surface area contributed by atoms with E-state index in [1.165, 1.54) is 0 Å². The second kappa shape index (κ2) is 7.23. The van der Waals surface area contributed by atoms with Crippen molar-refractivity contribution in [2.24, 2.45) is 5.92 Å². The Morgan fingerprint density at radius 2 is 2.04 bits per heavy atom. The summed E-state index contributed by atoms with van der Waals surface area (Å²) in [6.07, 6.45) is 0.959. The fraction of sp³-hybridized carbons (Fsp3) is 0.500. The highest BCUT2D eigenvalue weighted by Gasteiger charge is 2.35. The number of benzene rings is 1. The third-order valence-electron chi connectivity index (χ3n) is 4.77. The van der Waals surface area contributed by atoms with Crippen LogP contribution >= 0.6 is 0 Å². The minimum atomic E-state index is -0.448. The topological polar surface area (TPSA) is 94.1 Å². The Hall–Kier alpha value is -2.41. The van der Waals surface area contributed by atoms with Crippen LogP contribution in [0.2, 0.25) is 0 Å². The molecule has 7 nitrogen and oxygen atoms in total. The van der Waals surface area contributed by atoms with E-state index < -0.39 is 6.10 Å². The summed E-state index contributed by atoms with van der Waals surface area (Å²) in [5.74, 6) is 1.49. The molecule has 1 aromatic heterocycles. The molecule has 1 aromatic carbocycles. The first kappa shape index (κ1) is 17.4. The Morgan fingerprint density at radius 1 is 1.32 bits per heavy atom. The lowest BCUT2D eigenvalue weighted by atomic mass is 10.0. The van der Waals surface area contributed by atoms with Crippen LogP contribution in [-0.4, -0.2) is 52.9 Å². The van der Waals surface area contributed by atoms with Crippen LogP contribution in [0.5, 0.6) is 0 Å². The van der Waals surface area contributed by atoms with Crippen molar-refractivity contribution in [1.29, 1.82) is 0 Å². The molecule has 7 heteroatoms. The van der Waals surface area contributed by atoms with E-state index in [2.05, 4.69) is 20.5 Å². The fourth-order valence-electron chi connectivity index (χ4n) is 3.22. The number of nitrogens with one attached hydrogen (secondary N) is 2. The van der Waals surface area contributed by atoms with Crippen molar-refractivity contribution in [1.82, 2.24) is 20.5 Å². The molecule has 0 bridgehead atoms. The average molecular weight is 343 g/mol. The van der Waals surface area contributed by atoms with Crippen LogP contribution in [0.1, 0.15) is 40.5 Å². The molecule has 3 rings (SSSR count). The quantitative estimate of drug-likeness (QED) is 0.764. The summed E-state index contributed by atoms with van der Waals surface area (Å²) >= 11 is 0. The van der Waals surface area contributed by atoms with Crippen molar-refractivity contribution >= 4 is 11.9 Å². The third kappa shape index (κ3) is 3.99. The molecule has 1 heterocycles. The van der Waals surface area contributed by atoms with Gasteiger partial charge in [0, 0.05) is 38.0 Å². The van der Waals surface area contributed by atoms with Gasteiger partial charge in [-0.3, -0.25) is 9.89 Å². The number of aliphatic hydroxyl groups excluding tert-OH is 1. The van der Waals surface area contributed by atoms with E-state index in [9.17, 15) is 9.90 Å².